The van der Waals surface area contributed by atoms with Crippen LogP contribution in [0.1, 0.15) is 5.69 Å². The quantitative estimate of drug-likeness (QED) is 0.147. The highest BCUT2D eigenvalue weighted by atomic mass is 32.2. The molecule has 0 spiro atoms. The molecule has 196 valence electrons. The molecule has 1 fully saturated rings. The highest BCUT2D eigenvalue weighted by molar-refractivity contribution is 8.01. The number of benzene rings is 1. The van der Waals surface area contributed by atoms with Gasteiger partial charge in [0.2, 0.25) is 0 Å². The summed E-state index contributed by atoms with van der Waals surface area (Å²) in [6.45, 7) is 0. The Morgan fingerprint density at radius 3 is 2.74 bits per heavy atom. The molecule has 38 heavy (non-hydrogen) atoms. The number of oxime groups is 1. The van der Waals surface area contributed by atoms with E-state index in [-0.39, 0.29) is 22.2 Å². The van der Waals surface area contributed by atoms with Gasteiger partial charge in [0.25, 0.3) is 11.8 Å². The van der Waals surface area contributed by atoms with Crippen molar-refractivity contribution in [3.63, 3.8) is 0 Å². The maximum absolute atomic E-state index is 13.0. The number of aromatic nitrogens is 2. The Kier molecular flexibility index (Phi) is 7.69. The topological polar surface area (TPSA) is 160 Å². The maximum atomic E-state index is 13.0. The van der Waals surface area contributed by atoms with Crippen molar-refractivity contribution in [2.45, 2.75) is 15.8 Å². The summed E-state index contributed by atoms with van der Waals surface area (Å²) in [5, 5.41) is 19.5. The number of nitrogen functional groups attached to an aromatic ring is 1. The van der Waals surface area contributed by atoms with E-state index in [0.717, 1.165) is 26.9 Å². The van der Waals surface area contributed by atoms with Crippen LogP contribution in [0.15, 0.2) is 61.9 Å². The number of carboxylic acid groups (broad SMARTS) is 1. The van der Waals surface area contributed by atoms with Crippen LogP contribution in [0.4, 0.5) is 5.13 Å². The molecule has 4 N–H and O–H groups in total. The summed E-state index contributed by atoms with van der Waals surface area (Å²) in [6.07, 6.45) is 0. The number of nitrogens with one attached hydrogen (secondary N) is 1. The maximum Gasteiger partial charge on any atom is 0.352 e. The minimum Gasteiger partial charge on any atom is -0.477 e. The Hall–Kier alpha value is -3.40. The van der Waals surface area contributed by atoms with Crippen molar-refractivity contribution in [3.8, 4) is 11.3 Å². The minimum atomic E-state index is -1.19. The molecule has 2 aliphatic heterocycles. The molecule has 3 aromatic rings. The lowest BCUT2D eigenvalue weighted by molar-refractivity contribution is -0.150. The standard InChI is InChI=1S/C23H20N6O5S4/c1-34-28-15(14-10-36-22(24)25-14)18(30)27-16-19(31)29-17(21(32)33)12(7-35-20(16)29)8-37-23-26-13(9-38-23)11-5-3-2-4-6-11/h2-6,9-10,16,20H,7-8H2,1H3,(H2,24,25)(H,27,30)(H,32,33)/t16-,20+/m1/s1. The first-order valence-corrected chi connectivity index (χ1v) is 14.8. The van der Waals surface area contributed by atoms with Crippen LogP contribution in [0.5, 0.6) is 0 Å². The minimum absolute atomic E-state index is 0.0466. The number of hydrogen-bond donors (Lipinski definition) is 3. The van der Waals surface area contributed by atoms with Gasteiger partial charge in [0.1, 0.15) is 29.9 Å². The van der Waals surface area contributed by atoms with E-state index in [9.17, 15) is 19.5 Å². The van der Waals surface area contributed by atoms with Gasteiger partial charge in [-0.25, -0.2) is 14.8 Å². The Labute approximate surface area is 233 Å². The molecule has 0 saturated carbocycles. The number of nitrogens with zero attached hydrogens (tertiary/aromatic N) is 4. The average Bonchev–Trinajstić information content (AvgIpc) is 3.58. The van der Waals surface area contributed by atoms with Gasteiger partial charge < -0.3 is 21.0 Å². The van der Waals surface area contributed by atoms with Crippen LogP contribution in [-0.2, 0) is 19.2 Å². The summed E-state index contributed by atoms with van der Waals surface area (Å²) >= 11 is 5.44. The lowest BCUT2D eigenvalue weighted by Gasteiger charge is -2.49. The summed E-state index contributed by atoms with van der Waals surface area (Å²) in [6, 6.07) is 8.88. The van der Waals surface area contributed by atoms with Crippen LogP contribution in [-0.4, -0.2) is 73.5 Å². The van der Waals surface area contributed by atoms with Crippen LogP contribution in [0.25, 0.3) is 11.3 Å². The number of nitrogens with two attached hydrogens (primary N) is 1. The van der Waals surface area contributed by atoms with Crippen molar-refractivity contribution < 1.29 is 24.3 Å². The highest BCUT2D eigenvalue weighted by Crippen LogP contribution is 2.42. The number of thiazole rings is 2. The number of fused-ring (bicyclic) bond motifs is 1. The van der Waals surface area contributed by atoms with Crippen molar-refractivity contribution in [1.82, 2.24) is 20.2 Å². The van der Waals surface area contributed by atoms with Crippen LogP contribution >= 0.6 is 46.2 Å². The van der Waals surface area contributed by atoms with E-state index < -0.39 is 29.2 Å². The average molecular weight is 589 g/mol. The molecule has 1 saturated heterocycles. The van der Waals surface area contributed by atoms with Gasteiger partial charge in [0.15, 0.2) is 15.2 Å². The van der Waals surface area contributed by atoms with Crippen LogP contribution in [0, 0.1) is 0 Å². The van der Waals surface area contributed by atoms with E-state index in [1.165, 1.54) is 46.9 Å². The second-order valence-electron chi connectivity index (χ2n) is 7.97. The number of hydrogen-bond acceptors (Lipinski definition) is 12. The Balaban J connectivity index is 1.28. The lowest BCUT2D eigenvalue weighted by Crippen LogP contribution is -2.71. The zero-order chi connectivity index (χ0) is 26.8. The highest BCUT2D eigenvalue weighted by Gasteiger charge is 2.54. The van der Waals surface area contributed by atoms with Crippen molar-refractivity contribution in [3.05, 3.63) is 58.1 Å². The second-order valence-corrected chi connectivity index (χ2v) is 12.0. The fraction of sp³-hybridized carbons (Fsp3) is 0.217. The smallest absolute Gasteiger partial charge is 0.352 e. The number of rotatable bonds is 9. The predicted molar refractivity (Wildman–Crippen MR) is 148 cm³/mol. The third kappa shape index (κ3) is 5.14. The molecule has 15 heteroatoms. The number of carboxylic acids is 1. The number of amides is 2. The van der Waals surface area contributed by atoms with Crippen molar-refractivity contribution in [2.24, 2.45) is 5.16 Å². The van der Waals surface area contributed by atoms with Gasteiger partial charge in [-0.2, -0.15) is 0 Å². The van der Waals surface area contributed by atoms with Crippen LogP contribution in [0.2, 0.25) is 0 Å². The summed E-state index contributed by atoms with van der Waals surface area (Å²) in [5.41, 5.74) is 8.19. The fourth-order valence-electron chi connectivity index (χ4n) is 3.91. The van der Waals surface area contributed by atoms with Gasteiger partial charge in [-0.15, -0.1) is 34.4 Å². The monoisotopic (exact) mass is 588 g/mol. The molecular weight excluding hydrogens is 569 g/mol. The molecular formula is C23H20N6O5S4. The van der Waals surface area contributed by atoms with Crippen molar-refractivity contribution in [2.75, 3.05) is 24.3 Å². The number of thioether (sulfide) groups is 2. The van der Waals surface area contributed by atoms with E-state index in [2.05, 4.69) is 20.4 Å². The third-order valence-corrected chi connectivity index (χ3v) is 9.74. The third-order valence-electron chi connectivity index (χ3n) is 5.62. The van der Waals surface area contributed by atoms with E-state index >= 15 is 0 Å². The molecule has 2 atom stereocenters. The molecule has 0 unspecified atom stereocenters. The predicted octanol–water partition coefficient (Wildman–Crippen LogP) is 2.73. The molecule has 4 heterocycles. The SMILES string of the molecule is CON=C(C(=O)N[C@@H]1C(=O)N2C(C(=O)O)=C(CSc3nc(-c4ccccc4)cs3)CS[C@@H]12)c1csc(N)n1. The van der Waals surface area contributed by atoms with E-state index in [1.54, 1.807) is 5.38 Å². The normalized spacial score (nSPS) is 19.1. The Morgan fingerprint density at radius 1 is 1.26 bits per heavy atom. The molecule has 5 rings (SSSR count). The van der Waals surface area contributed by atoms with Gasteiger partial charge in [-0.3, -0.25) is 14.5 Å². The van der Waals surface area contributed by atoms with Gasteiger partial charge >= 0.3 is 5.97 Å². The van der Waals surface area contributed by atoms with E-state index in [4.69, 9.17) is 10.6 Å². The Morgan fingerprint density at radius 2 is 2.05 bits per heavy atom. The number of aliphatic carboxylic acids is 1. The number of carbonyl (C=O) groups excluding carboxylic acids is 2. The largest absolute Gasteiger partial charge is 0.477 e. The van der Waals surface area contributed by atoms with E-state index in [1.807, 2.05) is 35.7 Å². The first-order chi connectivity index (χ1) is 18.4. The first-order valence-electron chi connectivity index (χ1n) is 11.0. The second kappa shape index (κ2) is 11.1. The van der Waals surface area contributed by atoms with Crippen molar-refractivity contribution in [1.29, 1.82) is 0 Å². The molecule has 1 aromatic carbocycles. The number of anilines is 1. The van der Waals surface area contributed by atoms with Crippen molar-refractivity contribution >= 4 is 74.8 Å². The molecule has 0 radical (unpaired) electrons. The Bertz CT molecular complexity index is 1450. The summed E-state index contributed by atoms with van der Waals surface area (Å²) in [5.74, 6) is -1.59. The summed E-state index contributed by atoms with van der Waals surface area (Å²) < 4.78 is 0.806. The van der Waals surface area contributed by atoms with E-state index in [0.29, 0.717) is 17.1 Å². The molecule has 0 bridgehead atoms. The molecule has 2 aromatic heterocycles. The summed E-state index contributed by atoms with van der Waals surface area (Å²) in [7, 11) is 1.29. The molecule has 2 amide bonds. The van der Waals surface area contributed by atoms with Gasteiger partial charge in [-0.05, 0) is 5.57 Å². The van der Waals surface area contributed by atoms with Crippen LogP contribution < -0.4 is 11.1 Å². The van der Waals surface area contributed by atoms with Gasteiger partial charge in [0.05, 0.1) is 5.69 Å². The molecule has 2 aliphatic rings. The summed E-state index contributed by atoms with van der Waals surface area (Å²) in [4.78, 5) is 52.8. The number of β-lactam (4-membered cyclic amide) rings is 1. The fourth-order valence-corrected chi connectivity index (χ4v) is 7.78. The van der Waals surface area contributed by atoms with Crippen LogP contribution in [0.3, 0.4) is 0 Å². The zero-order valence-corrected chi connectivity index (χ0v) is 23.0. The molecule has 11 nitrogen and oxygen atoms in total. The first kappa shape index (κ1) is 26.2. The zero-order valence-electron chi connectivity index (χ0n) is 19.7. The van der Waals surface area contributed by atoms with Gasteiger partial charge in [0, 0.05) is 27.8 Å². The molecule has 0 aliphatic carbocycles. The lowest BCUT2D eigenvalue weighted by atomic mass is 10.0. The van der Waals surface area contributed by atoms with Gasteiger partial charge in [-0.1, -0.05) is 47.2 Å². The number of carbonyl (C=O) groups is 3.